The van der Waals surface area contributed by atoms with Gasteiger partial charge in [0.15, 0.2) is 0 Å². The van der Waals surface area contributed by atoms with Crippen molar-refractivity contribution < 1.29 is 4.74 Å². The molecule has 3 atom stereocenters. The summed E-state index contributed by atoms with van der Waals surface area (Å²) >= 11 is 6.02. The molecule has 0 saturated carbocycles. The molecule has 0 spiro atoms. The molecule has 1 fully saturated rings. The maximum Gasteiger partial charge on any atom is 0.0502 e. The van der Waals surface area contributed by atoms with Gasteiger partial charge in [-0.1, -0.05) is 30.7 Å². The van der Waals surface area contributed by atoms with Crippen LogP contribution in [0.25, 0.3) is 0 Å². The first-order valence-electron chi connectivity index (χ1n) is 7.89. The van der Waals surface area contributed by atoms with E-state index in [2.05, 4.69) is 24.0 Å². The first-order valence-corrected chi connectivity index (χ1v) is 8.27. The molecule has 0 aliphatic carbocycles. The summed E-state index contributed by atoms with van der Waals surface area (Å²) < 4.78 is 5.34. The molecule has 4 heteroatoms. The molecule has 1 aliphatic heterocycles. The molecule has 1 aromatic rings. The quantitative estimate of drug-likeness (QED) is 0.874. The maximum absolute atomic E-state index is 6.43. The van der Waals surface area contributed by atoms with E-state index in [-0.39, 0.29) is 12.1 Å². The van der Waals surface area contributed by atoms with Crippen molar-refractivity contribution in [3.8, 4) is 0 Å². The lowest BCUT2D eigenvalue weighted by Crippen LogP contribution is -2.46. The van der Waals surface area contributed by atoms with E-state index >= 15 is 0 Å². The van der Waals surface area contributed by atoms with Crippen molar-refractivity contribution >= 4 is 11.6 Å². The van der Waals surface area contributed by atoms with E-state index in [1.165, 1.54) is 18.4 Å². The Bertz CT molecular complexity index is 421. The number of piperidine rings is 1. The Hall–Kier alpha value is -0.610. The number of nitrogens with two attached hydrogens (primary N) is 1. The molecule has 2 rings (SSSR count). The summed E-state index contributed by atoms with van der Waals surface area (Å²) in [4.78, 5) is 2.53. The van der Waals surface area contributed by atoms with Gasteiger partial charge in [-0.25, -0.2) is 0 Å². The first kappa shape index (κ1) is 16.8. The van der Waals surface area contributed by atoms with Gasteiger partial charge in [-0.2, -0.15) is 0 Å². The molecule has 1 aliphatic rings. The maximum atomic E-state index is 6.43. The van der Waals surface area contributed by atoms with Gasteiger partial charge in [0.2, 0.25) is 0 Å². The number of benzene rings is 1. The van der Waals surface area contributed by atoms with Crippen LogP contribution in [0, 0.1) is 5.92 Å². The van der Waals surface area contributed by atoms with E-state index in [0.717, 1.165) is 31.1 Å². The molecule has 0 bridgehead atoms. The zero-order chi connectivity index (χ0) is 15.2. The Balaban J connectivity index is 2.17. The van der Waals surface area contributed by atoms with Crippen LogP contribution in [-0.2, 0) is 4.74 Å². The highest BCUT2D eigenvalue weighted by molar-refractivity contribution is 6.30. The lowest BCUT2D eigenvalue weighted by atomic mass is 9.91. The van der Waals surface area contributed by atoms with Crippen LogP contribution >= 0.6 is 11.6 Å². The average Bonchev–Trinajstić information content (AvgIpc) is 2.50. The molecule has 3 unspecified atom stereocenters. The summed E-state index contributed by atoms with van der Waals surface area (Å²) in [6, 6.07) is 8.57. The Morgan fingerprint density at radius 2 is 2.10 bits per heavy atom. The fourth-order valence-corrected chi connectivity index (χ4v) is 3.46. The minimum absolute atomic E-state index is 0.146. The van der Waals surface area contributed by atoms with E-state index in [1.807, 2.05) is 12.1 Å². The number of halogens is 1. The molecule has 1 saturated heterocycles. The lowest BCUT2D eigenvalue weighted by molar-refractivity contribution is 0.0597. The largest absolute Gasteiger partial charge is 0.384 e. The van der Waals surface area contributed by atoms with Crippen LogP contribution in [0.1, 0.15) is 37.8 Å². The van der Waals surface area contributed by atoms with Gasteiger partial charge in [-0.15, -0.1) is 0 Å². The number of nitrogens with zero attached hydrogens (tertiary/aromatic N) is 1. The Labute approximate surface area is 133 Å². The first-order chi connectivity index (χ1) is 10.2. The fraction of sp³-hybridized carbons (Fsp3) is 0.647. The average molecular weight is 311 g/mol. The number of methoxy groups -OCH3 is 1. The second-order valence-corrected chi connectivity index (χ2v) is 6.46. The monoisotopic (exact) mass is 310 g/mol. The van der Waals surface area contributed by atoms with E-state index < -0.39 is 0 Å². The summed E-state index contributed by atoms with van der Waals surface area (Å²) in [7, 11) is 1.79. The van der Waals surface area contributed by atoms with Crippen LogP contribution < -0.4 is 5.73 Å². The van der Waals surface area contributed by atoms with Crippen molar-refractivity contribution in [3.05, 3.63) is 34.9 Å². The number of hydrogen-bond donors (Lipinski definition) is 1. The van der Waals surface area contributed by atoms with Crippen LogP contribution in [0.5, 0.6) is 0 Å². The highest BCUT2D eigenvalue weighted by atomic mass is 35.5. The highest BCUT2D eigenvalue weighted by Gasteiger charge is 2.30. The van der Waals surface area contributed by atoms with Crippen molar-refractivity contribution in [1.29, 1.82) is 0 Å². The van der Waals surface area contributed by atoms with Gasteiger partial charge in [0, 0.05) is 30.8 Å². The smallest absolute Gasteiger partial charge is 0.0502 e. The number of likely N-dealkylation sites (tertiary alicyclic amines) is 1. The van der Waals surface area contributed by atoms with Gasteiger partial charge in [-0.3, -0.25) is 4.90 Å². The second-order valence-electron chi connectivity index (χ2n) is 6.03. The SMILES string of the molecule is CCC(N)C(c1ccc(Cl)cc1)N1CCCC(COC)C1. The number of ether oxygens (including phenoxy) is 1. The summed E-state index contributed by atoms with van der Waals surface area (Å²) in [5.74, 6) is 0.614. The number of hydrogen-bond acceptors (Lipinski definition) is 3. The molecule has 0 radical (unpaired) electrons. The number of rotatable bonds is 6. The van der Waals surface area contributed by atoms with Crippen LogP contribution in [0.2, 0.25) is 5.02 Å². The molecule has 0 aromatic heterocycles. The van der Waals surface area contributed by atoms with Crippen LogP contribution in [0.15, 0.2) is 24.3 Å². The van der Waals surface area contributed by atoms with Crippen LogP contribution in [0.3, 0.4) is 0 Å². The predicted octanol–water partition coefficient (Wildman–Crippen LogP) is 3.48. The van der Waals surface area contributed by atoms with Crippen molar-refractivity contribution in [2.75, 3.05) is 26.8 Å². The molecule has 1 aromatic carbocycles. The van der Waals surface area contributed by atoms with Gasteiger partial charge in [0.25, 0.3) is 0 Å². The summed E-state index contributed by atoms with van der Waals surface area (Å²) in [5, 5.41) is 0.776. The standard InChI is InChI=1S/C17H27ClN2O/c1-3-16(19)17(14-6-8-15(18)9-7-14)20-10-4-5-13(11-20)12-21-2/h6-9,13,16-17H,3-5,10-12,19H2,1-2H3. The molecule has 3 nitrogen and oxygen atoms in total. The zero-order valence-electron chi connectivity index (χ0n) is 13.1. The minimum Gasteiger partial charge on any atom is -0.384 e. The Morgan fingerprint density at radius 3 is 2.71 bits per heavy atom. The van der Waals surface area contributed by atoms with E-state index in [0.29, 0.717) is 5.92 Å². The molecular formula is C17H27ClN2O. The topological polar surface area (TPSA) is 38.5 Å². The molecule has 21 heavy (non-hydrogen) atoms. The van der Waals surface area contributed by atoms with Gasteiger partial charge in [0.1, 0.15) is 0 Å². The Morgan fingerprint density at radius 1 is 1.38 bits per heavy atom. The summed E-state index contributed by atoms with van der Waals surface area (Å²) in [6.45, 7) is 5.17. The van der Waals surface area contributed by atoms with Crippen LogP contribution in [0.4, 0.5) is 0 Å². The fourth-order valence-electron chi connectivity index (χ4n) is 3.33. The summed E-state index contributed by atoms with van der Waals surface area (Å²) in [5.41, 5.74) is 7.70. The normalized spacial score (nSPS) is 23.0. The molecular weight excluding hydrogens is 284 g/mol. The summed E-state index contributed by atoms with van der Waals surface area (Å²) in [6.07, 6.45) is 3.44. The molecule has 2 N–H and O–H groups in total. The lowest BCUT2D eigenvalue weighted by Gasteiger charge is -2.40. The predicted molar refractivity (Wildman–Crippen MR) is 88.6 cm³/mol. The van der Waals surface area contributed by atoms with E-state index in [4.69, 9.17) is 22.1 Å². The molecule has 0 amide bonds. The van der Waals surface area contributed by atoms with Gasteiger partial charge in [0.05, 0.1) is 6.61 Å². The second kappa shape index (κ2) is 8.14. The Kier molecular flexibility index (Phi) is 6.49. The third kappa shape index (κ3) is 4.43. The van der Waals surface area contributed by atoms with Crippen molar-refractivity contribution in [3.63, 3.8) is 0 Å². The highest BCUT2D eigenvalue weighted by Crippen LogP contribution is 2.30. The minimum atomic E-state index is 0.146. The van der Waals surface area contributed by atoms with E-state index in [1.54, 1.807) is 7.11 Å². The van der Waals surface area contributed by atoms with Crippen molar-refractivity contribution in [2.24, 2.45) is 11.7 Å². The van der Waals surface area contributed by atoms with Crippen molar-refractivity contribution in [1.82, 2.24) is 4.90 Å². The van der Waals surface area contributed by atoms with Gasteiger partial charge < -0.3 is 10.5 Å². The molecule has 1 heterocycles. The third-order valence-electron chi connectivity index (χ3n) is 4.43. The van der Waals surface area contributed by atoms with Crippen LogP contribution in [-0.4, -0.2) is 37.7 Å². The van der Waals surface area contributed by atoms with E-state index in [9.17, 15) is 0 Å². The zero-order valence-corrected chi connectivity index (χ0v) is 13.9. The third-order valence-corrected chi connectivity index (χ3v) is 4.69. The molecule has 118 valence electrons. The van der Waals surface area contributed by atoms with Gasteiger partial charge in [-0.05, 0) is 49.4 Å². The van der Waals surface area contributed by atoms with Crippen molar-refractivity contribution in [2.45, 2.75) is 38.3 Å². The van der Waals surface area contributed by atoms with Gasteiger partial charge >= 0.3 is 0 Å².